The Kier molecular flexibility index (Phi) is 7.08. The normalized spacial score (nSPS) is 10.8. The SMILES string of the molecule is CCC(=O)N(C)c1ccc(-c2ccc(C(=O)CCc3ccc(C)nc3C)cn2)c(F)c1F. The first-order valence-corrected chi connectivity index (χ1v) is 10.4. The van der Waals surface area contributed by atoms with Gasteiger partial charge in [0.05, 0.1) is 11.4 Å². The van der Waals surface area contributed by atoms with E-state index in [1.165, 1.54) is 31.4 Å². The van der Waals surface area contributed by atoms with Crippen molar-refractivity contribution in [2.24, 2.45) is 0 Å². The van der Waals surface area contributed by atoms with Crippen LogP contribution in [-0.2, 0) is 11.2 Å². The van der Waals surface area contributed by atoms with Gasteiger partial charge in [-0.3, -0.25) is 19.6 Å². The Bertz CT molecular complexity index is 1160. The van der Waals surface area contributed by atoms with Gasteiger partial charge in [0.25, 0.3) is 0 Å². The number of pyridine rings is 2. The molecule has 1 amide bonds. The fraction of sp³-hybridized carbons (Fsp3) is 0.280. The first kappa shape index (κ1) is 23.2. The molecule has 0 bridgehead atoms. The van der Waals surface area contributed by atoms with Crippen molar-refractivity contribution in [3.63, 3.8) is 0 Å². The number of halogens is 2. The van der Waals surface area contributed by atoms with Crippen LogP contribution in [0.5, 0.6) is 0 Å². The zero-order valence-electron chi connectivity index (χ0n) is 18.6. The van der Waals surface area contributed by atoms with Crippen LogP contribution in [0.2, 0.25) is 0 Å². The molecule has 0 fully saturated rings. The molecule has 2 aromatic heterocycles. The number of benzene rings is 1. The highest BCUT2D eigenvalue weighted by Crippen LogP contribution is 2.29. The number of carbonyl (C=O) groups excluding carboxylic acids is 2. The van der Waals surface area contributed by atoms with E-state index in [9.17, 15) is 18.4 Å². The molecule has 7 heteroatoms. The molecule has 2 heterocycles. The van der Waals surface area contributed by atoms with Crippen LogP contribution in [0.4, 0.5) is 14.5 Å². The highest BCUT2D eigenvalue weighted by Gasteiger charge is 2.20. The molecule has 0 spiro atoms. The van der Waals surface area contributed by atoms with Gasteiger partial charge in [0.15, 0.2) is 17.4 Å². The van der Waals surface area contributed by atoms with Gasteiger partial charge in [-0.15, -0.1) is 0 Å². The van der Waals surface area contributed by atoms with Crippen LogP contribution >= 0.6 is 0 Å². The van der Waals surface area contributed by atoms with Gasteiger partial charge in [-0.2, -0.15) is 0 Å². The topological polar surface area (TPSA) is 63.2 Å². The second-order valence-corrected chi connectivity index (χ2v) is 7.62. The van der Waals surface area contributed by atoms with Crippen molar-refractivity contribution >= 4 is 17.4 Å². The number of hydrogen-bond donors (Lipinski definition) is 0. The Morgan fingerprint density at radius 1 is 1.00 bits per heavy atom. The van der Waals surface area contributed by atoms with Gasteiger partial charge < -0.3 is 4.90 Å². The summed E-state index contributed by atoms with van der Waals surface area (Å²) >= 11 is 0. The maximum absolute atomic E-state index is 14.7. The maximum atomic E-state index is 14.7. The van der Waals surface area contributed by atoms with Crippen molar-refractivity contribution in [1.82, 2.24) is 9.97 Å². The first-order chi connectivity index (χ1) is 15.2. The Hall–Kier alpha value is -3.48. The fourth-order valence-corrected chi connectivity index (χ4v) is 3.46. The zero-order chi connectivity index (χ0) is 23.4. The lowest BCUT2D eigenvalue weighted by molar-refractivity contribution is -0.118. The molecule has 0 radical (unpaired) electrons. The molecule has 0 aliphatic rings. The van der Waals surface area contributed by atoms with Gasteiger partial charge >= 0.3 is 0 Å². The van der Waals surface area contributed by atoms with Gasteiger partial charge in [0.2, 0.25) is 5.91 Å². The number of Topliss-reactive ketones (excluding diaryl/α,β-unsaturated/α-hetero) is 1. The molecule has 0 aliphatic carbocycles. The molecule has 3 aromatic rings. The van der Waals surface area contributed by atoms with Gasteiger partial charge in [-0.1, -0.05) is 13.0 Å². The van der Waals surface area contributed by atoms with Crippen molar-refractivity contribution in [2.75, 3.05) is 11.9 Å². The summed E-state index contributed by atoms with van der Waals surface area (Å²) in [5.74, 6) is -2.62. The molecule has 0 saturated heterocycles. The highest BCUT2D eigenvalue weighted by atomic mass is 19.2. The summed E-state index contributed by atoms with van der Waals surface area (Å²) < 4.78 is 29.2. The van der Waals surface area contributed by atoms with Crippen molar-refractivity contribution < 1.29 is 18.4 Å². The summed E-state index contributed by atoms with van der Waals surface area (Å²) in [5.41, 5.74) is 3.27. The molecule has 0 unspecified atom stereocenters. The molecule has 0 saturated carbocycles. The Labute approximate surface area is 186 Å². The van der Waals surface area contributed by atoms with Crippen molar-refractivity contribution in [3.05, 3.63) is 76.7 Å². The maximum Gasteiger partial charge on any atom is 0.226 e. The number of amides is 1. The summed E-state index contributed by atoms with van der Waals surface area (Å²) in [5, 5.41) is 0. The largest absolute Gasteiger partial charge is 0.313 e. The highest BCUT2D eigenvalue weighted by molar-refractivity contribution is 5.96. The summed E-state index contributed by atoms with van der Waals surface area (Å²) in [6.07, 6.45) is 2.40. The minimum atomic E-state index is -1.11. The summed E-state index contributed by atoms with van der Waals surface area (Å²) in [4.78, 5) is 34.0. The smallest absolute Gasteiger partial charge is 0.226 e. The Morgan fingerprint density at radius 3 is 2.38 bits per heavy atom. The first-order valence-electron chi connectivity index (χ1n) is 10.4. The lowest BCUT2D eigenvalue weighted by atomic mass is 10.0. The van der Waals surface area contributed by atoms with E-state index in [1.54, 1.807) is 13.0 Å². The van der Waals surface area contributed by atoms with Gasteiger partial charge in [-0.25, -0.2) is 8.78 Å². The van der Waals surface area contributed by atoms with Crippen molar-refractivity contribution in [3.8, 4) is 11.3 Å². The van der Waals surface area contributed by atoms with Gasteiger partial charge in [0.1, 0.15) is 0 Å². The van der Waals surface area contributed by atoms with Crippen LogP contribution in [-0.4, -0.2) is 28.7 Å². The van der Waals surface area contributed by atoms with E-state index < -0.39 is 11.6 Å². The number of carbonyl (C=O) groups is 2. The molecule has 0 aliphatic heterocycles. The molecule has 166 valence electrons. The Morgan fingerprint density at radius 2 is 1.75 bits per heavy atom. The van der Waals surface area contributed by atoms with Crippen LogP contribution in [0, 0.1) is 25.5 Å². The molecular weight excluding hydrogens is 412 g/mol. The fourth-order valence-electron chi connectivity index (χ4n) is 3.46. The minimum absolute atomic E-state index is 0.0380. The molecule has 0 atom stereocenters. The van der Waals surface area contributed by atoms with Crippen LogP contribution in [0.25, 0.3) is 11.3 Å². The number of hydrogen-bond acceptors (Lipinski definition) is 4. The van der Waals surface area contributed by atoms with E-state index in [0.29, 0.717) is 18.4 Å². The average molecular weight is 437 g/mol. The number of aromatic nitrogens is 2. The summed E-state index contributed by atoms with van der Waals surface area (Å²) in [7, 11) is 1.40. The molecule has 32 heavy (non-hydrogen) atoms. The van der Waals surface area contributed by atoms with Crippen LogP contribution < -0.4 is 4.90 Å². The van der Waals surface area contributed by atoms with Crippen LogP contribution in [0.15, 0.2) is 42.6 Å². The molecular formula is C25H25F2N3O2. The quantitative estimate of drug-likeness (QED) is 0.475. The number of anilines is 1. The third-order valence-electron chi connectivity index (χ3n) is 5.42. The van der Waals surface area contributed by atoms with E-state index >= 15 is 0 Å². The zero-order valence-corrected chi connectivity index (χ0v) is 18.6. The molecule has 1 aromatic carbocycles. The monoisotopic (exact) mass is 437 g/mol. The average Bonchev–Trinajstić information content (AvgIpc) is 2.79. The summed E-state index contributed by atoms with van der Waals surface area (Å²) in [6.45, 7) is 5.48. The lowest BCUT2D eigenvalue weighted by Crippen LogP contribution is -2.26. The number of nitrogens with zero attached hydrogens (tertiary/aromatic N) is 3. The second kappa shape index (κ2) is 9.77. The van der Waals surface area contributed by atoms with Crippen molar-refractivity contribution in [2.45, 2.75) is 40.0 Å². The number of rotatable bonds is 7. The molecule has 0 N–H and O–H groups in total. The van der Waals surface area contributed by atoms with Gasteiger partial charge in [-0.05, 0) is 56.2 Å². The second-order valence-electron chi connectivity index (χ2n) is 7.62. The van der Waals surface area contributed by atoms with E-state index in [4.69, 9.17) is 0 Å². The van der Waals surface area contributed by atoms with E-state index in [-0.39, 0.29) is 35.1 Å². The third-order valence-corrected chi connectivity index (χ3v) is 5.42. The predicted octanol–water partition coefficient (Wildman–Crippen LogP) is 5.23. The summed E-state index contributed by atoms with van der Waals surface area (Å²) in [6, 6.07) is 9.66. The minimum Gasteiger partial charge on any atom is -0.313 e. The predicted molar refractivity (Wildman–Crippen MR) is 120 cm³/mol. The van der Waals surface area contributed by atoms with E-state index in [0.717, 1.165) is 21.9 Å². The van der Waals surface area contributed by atoms with E-state index in [2.05, 4.69) is 9.97 Å². The van der Waals surface area contributed by atoms with Gasteiger partial charge in [0, 0.05) is 48.6 Å². The standard InChI is InChI=1S/C25H25F2N3O2/c1-5-23(32)30(4)21-12-10-19(24(26)25(21)27)20-11-8-18(14-28-20)22(31)13-9-17-7-6-15(2)29-16(17)3/h6-8,10-12,14H,5,9,13H2,1-4H3. The number of ketones is 1. The van der Waals surface area contributed by atoms with Crippen LogP contribution in [0.1, 0.15) is 47.1 Å². The lowest BCUT2D eigenvalue weighted by Gasteiger charge is -2.18. The van der Waals surface area contributed by atoms with Crippen LogP contribution in [0.3, 0.4) is 0 Å². The van der Waals surface area contributed by atoms with E-state index in [1.807, 2.05) is 26.0 Å². The molecule has 3 rings (SSSR count). The third kappa shape index (κ3) is 4.88. The molecule has 5 nitrogen and oxygen atoms in total. The van der Waals surface area contributed by atoms with Crippen molar-refractivity contribution in [1.29, 1.82) is 0 Å². The number of aryl methyl sites for hydroxylation is 3. The Balaban J connectivity index is 1.75.